The second-order valence-electron chi connectivity index (χ2n) is 5.94. The Bertz CT molecular complexity index is 810. The van der Waals surface area contributed by atoms with Gasteiger partial charge in [0.25, 0.3) is 5.56 Å². The predicted molar refractivity (Wildman–Crippen MR) is 91.0 cm³/mol. The van der Waals surface area contributed by atoms with Crippen LogP contribution in [0.1, 0.15) is 12.8 Å². The summed E-state index contributed by atoms with van der Waals surface area (Å²) < 4.78 is 1.68. The van der Waals surface area contributed by atoms with Gasteiger partial charge in [-0.3, -0.25) is 9.59 Å². The minimum atomic E-state index is -0.727. The van der Waals surface area contributed by atoms with Crippen LogP contribution in [0.3, 0.4) is 0 Å². The molecule has 0 spiro atoms. The van der Waals surface area contributed by atoms with E-state index in [0.717, 1.165) is 36.0 Å². The molecule has 1 aromatic heterocycles. The Kier molecular flexibility index (Phi) is 4.19. The molecule has 1 aliphatic rings. The number of allylic oxidation sites excluding steroid dienone is 1. The van der Waals surface area contributed by atoms with Crippen molar-refractivity contribution in [2.45, 2.75) is 19.4 Å². The van der Waals surface area contributed by atoms with Crippen LogP contribution in [0, 0.1) is 5.92 Å². The highest BCUT2D eigenvalue weighted by Crippen LogP contribution is 2.26. The number of fused-ring (bicyclic) bond motifs is 1. The average molecular weight is 312 g/mol. The molecule has 120 valence electrons. The number of hydrogen-bond donors (Lipinski definition) is 1. The number of aliphatic carboxylic acids is 1. The van der Waals surface area contributed by atoms with Gasteiger partial charge in [-0.2, -0.15) is 0 Å². The van der Waals surface area contributed by atoms with Gasteiger partial charge in [0.05, 0.1) is 11.4 Å². The smallest absolute Gasteiger partial charge is 0.308 e. The van der Waals surface area contributed by atoms with Gasteiger partial charge < -0.3 is 14.6 Å². The van der Waals surface area contributed by atoms with E-state index >= 15 is 0 Å². The van der Waals surface area contributed by atoms with E-state index in [0.29, 0.717) is 13.1 Å². The Morgan fingerprint density at radius 2 is 2.17 bits per heavy atom. The first-order valence-electron chi connectivity index (χ1n) is 7.82. The Balaban J connectivity index is 1.97. The first-order chi connectivity index (χ1) is 11.1. The van der Waals surface area contributed by atoms with Gasteiger partial charge in [0.2, 0.25) is 0 Å². The van der Waals surface area contributed by atoms with Gasteiger partial charge in [0, 0.05) is 36.8 Å². The molecule has 2 aromatic rings. The third-order valence-corrected chi connectivity index (χ3v) is 4.42. The summed E-state index contributed by atoms with van der Waals surface area (Å²) in [5.74, 6) is -1.04. The SMILES string of the molecule is C=CCn1c(=O)ccc2cc(N3CCCC(C(=O)O)C3)ccc21. The van der Waals surface area contributed by atoms with Crippen molar-refractivity contribution in [3.8, 4) is 0 Å². The minimum Gasteiger partial charge on any atom is -0.481 e. The molecule has 2 heterocycles. The van der Waals surface area contributed by atoms with E-state index in [9.17, 15) is 14.7 Å². The topological polar surface area (TPSA) is 62.5 Å². The van der Waals surface area contributed by atoms with Crippen LogP contribution in [0.4, 0.5) is 5.69 Å². The van der Waals surface area contributed by atoms with Crippen LogP contribution in [0.25, 0.3) is 10.9 Å². The second-order valence-corrected chi connectivity index (χ2v) is 5.94. The third kappa shape index (κ3) is 2.99. The molecule has 1 atom stereocenters. The quantitative estimate of drug-likeness (QED) is 0.881. The Labute approximate surface area is 134 Å². The number of anilines is 1. The van der Waals surface area contributed by atoms with E-state index in [4.69, 9.17) is 0 Å². The lowest BCUT2D eigenvalue weighted by Crippen LogP contribution is -2.38. The second kappa shape index (κ2) is 6.28. The monoisotopic (exact) mass is 312 g/mol. The Morgan fingerprint density at radius 3 is 2.91 bits per heavy atom. The van der Waals surface area contributed by atoms with Crippen molar-refractivity contribution in [1.82, 2.24) is 4.57 Å². The maximum absolute atomic E-state index is 12.0. The molecular formula is C18H20N2O3. The standard InChI is InChI=1S/C18H20N2O3/c1-2-9-20-16-7-6-15(11-13(16)5-8-17(20)21)19-10-3-4-14(12-19)18(22)23/h2,5-8,11,14H,1,3-4,9-10,12H2,(H,22,23). The summed E-state index contributed by atoms with van der Waals surface area (Å²) in [6.45, 7) is 5.57. The number of piperidine rings is 1. The van der Waals surface area contributed by atoms with E-state index < -0.39 is 5.97 Å². The third-order valence-electron chi connectivity index (χ3n) is 4.42. The summed E-state index contributed by atoms with van der Waals surface area (Å²) in [6, 6.07) is 9.30. The molecule has 1 saturated heterocycles. The largest absolute Gasteiger partial charge is 0.481 e. The number of carboxylic acid groups (broad SMARTS) is 1. The normalized spacial score (nSPS) is 18.1. The predicted octanol–water partition coefficient (Wildman–Crippen LogP) is 2.49. The zero-order valence-electron chi connectivity index (χ0n) is 12.9. The molecule has 0 bridgehead atoms. The molecule has 0 amide bonds. The van der Waals surface area contributed by atoms with Gasteiger partial charge in [0.15, 0.2) is 0 Å². The summed E-state index contributed by atoms with van der Waals surface area (Å²) in [7, 11) is 0. The van der Waals surface area contributed by atoms with Crippen molar-refractivity contribution in [3.63, 3.8) is 0 Å². The first kappa shape index (κ1) is 15.3. The molecule has 1 fully saturated rings. The van der Waals surface area contributed by atoms with Crippen LogP contribution in [0.15, 0.2) is 47.8 Å². The zero-order chi connectivity index (χ0) is 16.4. The molecule has 3 rings (SSSR count). The molecule has 1 aliphatic heterocycles. The van der Waals surface area contributed by atoms with Crippen LogP contribution < -0.4 is 10.5 Å². The fourth-order valence-electron chi connectivity index (χ4n) is 3.22. The number of aromatic nitrogens is 1. The molecule has 1 aromatic carbocycles. The summed E-state index contributed by atoms with van der Waals surface area (Å²) in [4.78, 5) is 25.3. The summed E-state index contributed by atoms with van der Waals surface area (Å²) >= 11 is 0. The van der Waals surface area contributed by atoms with Gasteiger partial charge in [0.1, 0.15) is 0 Å². The van der Waals surface area contributed by atoms with E-state index in [1.165, 1.54) is 0 Å². The highest BCUT2D eigenvalue weighted by Gasteiger charge is 2.25. The number of carbonyl (C=O) groups is 1. The summed E-state index contributed by atoms with van der Waals surface area (Å²) in [5, 5.41) is 10.2. The Hall–Kier alpha value is -2.56. The number of hydrogen-bond acceptors (Lipinski definition) is 3. The van der Waals surface area contributed by atoms with E-state index in [1.54, 1.807) is 16.7 Å². The van der Waals surface area contributed by atoms with Crippen LogP contribution >= 0.6 is 0 Å². The van der Waals surface area contributed by atoms with E-state index in [-0.39, 0.29) is 11.5 Å². The Morgan fingerprint density at radius 1 is 1.35 bits per heavy atom. The number of carboxylic acids is 1. The molecule has 0 aliphatic carbocycles. The van der Waals surface area contributed by atoms with Crippen molar-refractivity contribution in [2.24, 2.45) is 5.92 Å². The molecule has 5 nitrogen and oxygen atoms in total. The molecule has 0 saturated carbocycles. The van der Waals surface area contributed by atoms with Gasteiger partial charge >= 0.3 is 5.97 Å². The number of benzene rings is 1. The minimum absolute atomic E-state index is 0.0472. The lowest BCUT2D eigenvalue weighted by atomic mass is 9.97. The van der Waals surface area contributed by atoms with Gasteiger partial charge in [-0.15, -0.1) is 6.58 Å². The molecular weight excluding hydrogens is 292 g/mol. The number of pyridine rings is 1. The van der Waals surface area contributed by atoms with Crippen molar-refractivity contribution in [3.05, 3.63) is 53.3 Å². The number of nitrogens with zero attached hydrogens (tertiary/aromatic N) is 2. The highest BCUT2D eigenvalue weighted by molar-refractivity contribution is 5.83. The lowest BCUT2D eigenvalue weighted by molar-refractivity contribution is -0.141. The fraction of sp³-hybridized carbons (Fsp3) is 0.333. The van der Waals surface area contributed by atoms with E-state index in [2.05, 4.69) is 11.5 Å². The maximum atomic E-state index is 12.0. The zero-order valence-corrected chi connectivity index (χ0v) is 12.9. The fourth-order valence-corrected chi connectivity index (χ4v) is 3.22. The van der Waals surface area contributed by atoms with Gasteiger partial charge in [-0.25, -0.2) is 0 Å². The average Bonchev–Trinajstić information content (AvgIpc) is 2.57. The maximum Gasteiger partial charge on any atom is 0.308 e. The van der Waals surface area contributed by atoms with Crippen LogP contribution in [-0.4, -0.2) is 28.7 Å². The van der Waals surface area contributed by atoms with Crippen LogP contribution in [0.5, 0.6) is 0 Å². The van der Waals surface area contributed by atoms with Crippen LogP contribution in [-0.2, 0) is 11.3 Å². The van der Waals surface area contributed by atoms with Gasteiger partial charge in [-0.1, -0.05) is 6.08 Å². The van der Waals surface area contributed by atoms with Crippen molar-refractivity contribution in [2.75, 3.05) is 18.0 Å². The molecule has 0 radical (unpaired) electrons. The molecule has 23 heavy (non-hydrogen) atoms. The van der Waals surface area contributed by atoms with Crippen molar-refractivity contribution in [1.29, 1.82) is 0 Å². The summed E-state index contributed by atoms with van der Waals surface area (Å²) in [5.41, 5.74) is 1.83. The van der Waals surface area contributed by atoms with Crippen molar-refractivity contribution >= 4 is 22.6 Å². The molecule has 1 unspecified atom stereocenters. The van der Waals surface area contributed by atoms with Crippen molar-refractivity contribution < 1.29 is 9.90 Å². The first-order valence-corrected chi connectivity index (χ1v) is 7.82. The summed E-state index contributed by atoms with van der Waals surface area (Å²) in [6.07, 6.45) is 3.32. The van der Waals surface area contributed by atoms with E-state index in [1.807, 2.05) is 24.3 Å². The number of rotatable bonds is 4. The molecule has 1 N–H and O–H groups in total. The van der Waals surface area contributed by atoms with Gasteiger partial charge in [-0.05, 0) is 37.1 Å². The molecule has 5 heteroatoms. The lowest BCUT2D eigenvalue weighted by Gasteiger charge is -2.32. The highest BCUT2D eigenvalue weighted by atomic mass is 16.4. The van der Waals surface area contributed by atoms with Crippen LogP contribution in [0.2, 0.25) is 0 Å².